The van der Waals surface area contributed by atoms with E-state index < -0.39 is 0 Å². The minimum Gasteiger partial charge on any atom is -0.357 e. The molecule has 0 aliphatic carbocycles. The maximum Gasteiger partial charge on any atom is 0.191 e. The van der Waals surface area contributed by atoms with Gasteiger partial charge in [-0.3, -0.25) is 0 Å². The number of hydrogen-bond acceptors (Lipinski definition) is 4. The predicted molar refractivity (Wildman–Crippen MR) is 123 cm³/mol. The van der Waals surface area contributed by atoms with E-state index in [4.69, 9.17) is 4.99 Å². The van der Waals surface area contributed by atoms with Crippen LogP contribution in [-0.2, 0) is 26.1 Å². The molecule has 0 spiro atoms. The van der Waals surface area contributed by atoms with E-state index in [0.29, 0.717) is 6.54 Å². The van der Waals surface area contributed by atoms with Crippen LogP contribution in [0, 0.1) is 0 Å². The van der Waals surface area contributed by atoms with E-state index in [-0.39, 0.29) is 30.0 Å². The molecule has 29 heavy (non-hydrogen) atoms. The van der Waals surface area contributed by atoms with Crippen molar-refractivity contribution in [1.29, 1.82) is 0 Å². The number of aromatic nitrogens is 5. The van der Waals surface area contributed by atoms with Crippen molar-refractivity contribution in [1.82, 2.24) is 34.9 Å². The number of benzene rings is 1. The lowest BCUT2D eigenvalue weighted by Crippen LogP contribution is -2.47. The van der Waals surface area contributed by atoms with Gasteiger partial charge in [0.15, 0.2) is 5.96 Å². The summed E-state index contributed by atoms with van der Waals surface area (Å²) in [7, 11) is 0. The Morgan fingerprint density at radius 1 is 1.24 bits per heavy atom. The van der Waals surface area contributed by atoms with E-state index in [1.54, 1.807) is 6.33 Å². The number of guanidine groups is 1. The average Bonchev–Trinajstić information content (AvgIpc) is 3.36. The number of fused-ring (bicyclic) bond motifs is 1. The second-order valence-electron chi connectivity index (χ2n) is 6.89. The third-order valence-corrected chi connectivity index (χ3v) is 4.87. The fourth-order valence-electron chi connectivity index (χ4n) is 3.43. The molecule has 1 aliphatic rings. The van der Waals surface area contributed by atoms with Gasteiger partial charge in [0.2, 0.25) is 0 Å². The van der Waals surface area contributed by atoms with Crippen LogP contribution in [0.5, 0.6) is 0 Å². The van der Waals surface area contributed by atoms with Crippen molar-refractivity contribution in [2.75, 3.05) is 6.54 Å². The van der Waals surface area contributed by atoms with E-state index in [2.05, 4.69) is 61.5 Å². The smallest absolute Gasteiger partial charge is 0.191 e. The van der Waals surface area contributed by atoms with Crippen LogP contribution in [0.25, 0.3) is 0 Å². The van der Waals surface area contributed by atoms with Crippen molar-refractivity contribution >= 4 is 29.9 Å². The number of nitrogens with zero attached hydrogens (tertiary/aromatic N) is 6. The molecule has 154 valence electrons. The fourth-order valence-corrected chi connectivity index (χ4v) is 3.43. The topological polar surface area (TPSA) is 84.9 Å². The van der Waals surface area contributed by atoms with Crippen molar-refractivity contribution in [3.63, 3.8) is 0 Å². The molecule has 1 unspecified atom stereocenters. The maximum atomic E-state index is 4.76. The van der Waals surface area contributed by atoms with Crippen molar-refractivity contribution in [2.24, 2.45) is 4.99 Å². The van der Waals surface area contributed by atoms with Gasteiger partial charge in [0.25, 0.3) is 0 Å². The van der Waals surface area contributed by atoms with Gasteiger partial charge in [-0.2, -0.15) is 5.10 Å². The molecule has 0 bridgehead atoms. The maximum absolute atomic E-state index is 4.76. The van der Waals surface area contributed by atoms with E-state index >= 15 is 0 Å². The van der Waals surface area contributed by atoms with Crippen LogP contribution in [0.3, 0.4) is 0 Å². The second-order valence-corrected chi connectivity index (χ2v) is 6.89. The van der Waals surface area contributed by atoms with Crippen LogP contribution in [0.15, 0.2) is 54.0 Å². The lowest BCUT2D eigenvalue weighted by Gasteiger charge is -2.25. The SMILES string of the molecule is CCNC(=NCc1nccn1Cc1ccccc1)NC1CCc2ncnn2C1.I. The van der Waals surface area contributed by atoms with E-state index in [1.165, 1.54) is 5.56 Å². The molecule has 9 heteroatoms. The molecule has 0 radical (unpaired) electrons. The Morgan fingerprint density at radius 3 is 2.93 bits per heavy atom. The Labute approximate surface area is 187 Å². The van der Waals surface area contributed by atoms with Gasteiger partial charge in [-0.15, -0.1) is 24.0 Å². The molecular formula is C20H27IN8. The van der Waals surface area contributed by atoms with E-state index in [1.807, 2.05) is 23.1 Å². The first-order chi connectivity index (χ1) is 13.8. The summed E-state index contributed by atoms with van der Waals surface area (Å²) < 4.78 is 4.11. The van der Waals surface area contributed by atoms with Crippen molar-refractivity contribution < 1.29 is 0 Å². The van der Waals surface area contributed by atoms with Gasteiger partial charge in [-0.25, -0.2) is 19.6 Å². The molecule has 1 aromatic carbocycles. The summed E-state index contributed by atoms with van der Waals surface area (Å²) in [5, 5.41) is 11.2. The molecule has 3 heterocycles. The van der Waals surface area contributed by atoms with E-state index in [9.17, 15) is 0 Å². The molecular weight excluding hydrogens is 479 g/mol. The Kier molecular flexibility index (Phi) is 7.62. The van der Waals surface area contributed by atoms with E-state index in [0.717, 1.165) is 50.1 Å². The molecule has 0 amide bonds. The quantitative estimate of drug-likeness (QED) is 0.304. The predicted octanol–water partition coefficient (Wildman–Crippen LogP) is 2.21. The van der Waals surface area contributed by atoms with Gasteiger partial charge in [-0.05, 0) is 18.9 Å². The highest BCUT2D eigenvalue weighted by Crippen LogP contribution is 2.11. The fraction of sp³-hybridized carbons (Fsp3) is 0.400. The Morgan fingerprint density at radius 2 is 2.10 bits per heavy atom. The van der Waals surface area contributed by atoms with Gasteiger partial charge < -0.3 is 15.2 Å². The summed E-state index contributed by atoms with van der Waals surface area (Å²) in [6.45, 7) is 5.02. The van der Waals surface area contributed by atoms with Crippen LogP contribution in [0.1, 0.15) is 30.6 Å². The van der Waals surface area contributed by atoms with Gasteiger partial charge in [0.1, 0.15) is 24.5 Å². The first-order valence-corrected chi connectivity index (χ1v) is 9.77. The van der Waals surface area contributed by atoms with Crippen LogP contribution >= 0.6 is 24.0 Å². The minimum absolute atomic E-state index is 0. The first kappa shape index (κ1) is 21.3. The van der Waals surface area contributed by atoms with Gasteiger partial charge in [-0.1, -0.05) is 30.3 Å². The molecule has 4 rings (SSSR count). The summed E-state index contributed by atoms with van der Waals surface area (Å²) >= 11 is 0. The number of rotatable bonds is 6. The lowest BCUT2D eigenvalue weighted by atomic mass is 10.1. The minimum atomic E-state index is 0. The molecule has 0 saturated carbocycles. The zero-order chi connectivity index (χ0) is 19.2. The van der Waals surface area contributed by atoms with Crippen LogP contribution in [0.4, 0.5) is 0 Å². The van der Waals surface area contributed by atoms with Gasteiger partial charge in [0, 0.05) is 37.9 Å². The molecule has 0 saturated heterocycles. The Hall–Kier alpha value is -2.43. The molecule has 1 atom stereocenters. The third kappa shape index (κ3) is 5.55. The molecule has 0 fully saturated rings. The van der Waals surface area contributed by atoms with Crippen molar-refractivity contribution in [3.8, 4) is 0 Å². The standard InChI is InChI=1S/C20H26N8.HI/c1-2-21-20(26-17-8-9-18-24-15-25-28(18)14-17)23-12-19-22-10-11-27(19)13-16-6-4-3-5-7-16;/h3-7,10-11,15,17H,2,8-9,12-14H2,1H3,(H2,21,23,26);1H. The Balaban J connectivity index is 0.00000240. The number of nitrogens with one attached hydrogen (secondary N) is 2. The lowest BCUT2D eigenvalue weighted by molar-refractivity contribution is 0.392. The van der Waals surface area contributed by atoms with Gasteiger partial charge in [0.05, 0.1) is 6.54 Å². The molecule has 2 N–H and O–H groups in total. The highest BCUT2D eigenvalue weighted by molar-refractivity contribution is 14.0. The van der Waals surface area contributed by atoms with Crippen LogP contribution in [-0.4, -0.2) is 42.9 Å². The zero-order valence-electron chi connectivity index (χ0n) is 16.5. The summed E-state index contributed by atoms with van der Waals surface area (Å²) in [5.41, 5.74) is 1.25. The number of halogens is 1. The second kappa shape index (κ2) is 10.4. The molecule has 2 aromatic heterocycles. The number of imidazole rings is 1. The largest absolute Gasteiger partial charge is 0.357 e. The van der Waals surface area contributed by atoms with Crippen molar-refractivity contribution in [2.45, 2.75) is 45.4 Å². The monoisotopic (exact) mass is 506 g/mol. The van der Waals surface area contributed by atoms with Crippen LogP contribution in [0.2, 0.25) is 0 Å². The number of aliphatic imine (C=N–C) groups is 1. The summed E-state index contributed by atoms with van der Waals surface area (Å²) in [5.74, 6) is 2.82. The summed E-state index contributed by atoms with van der Waals surface area (Å²) in [6.07, 6.45) is 7.42. The number of hydrogen-bond donors (Lipinski definition) is 2. The zero-order valence-corrected chi connectivity index (χ0v) is 18.9. The normalized spacial score (nSPS) is 16.0. The van der Waals surface area contributed by atoms with Crippen LogP contribution < -0.4 is 10.6 Å². The first-order valence-electron chi connectivity index (χ1n) is 9.77. The third-order valence-electron chi connectivity index (χ3n) is 4.87. The van der Waals surface area contributed by atoms with Crippen molar-refractivity contribution in [3.05, 3.63) is 66.3 Å². The highest BCUT2D eigenvalue weighted by Gasteiger charge is 2.20. The van der Waals surface area contributed by atoms with Gasteiger partial charge >= 0.3 is 0 Å². The molecule has 3 aromatic rings. The number of aryl methyl sites for hydroxylation is 1. The molecule has 1 aliphatic heterocycles. The Bertz CT molecular complexity index is 917. The average molecular weight is 506 g/mol. The highest BCUT2D eigenvalue weighted by atomic mass is 127. The molecule has 8 nitrogen and oxygen atoms in total. The summed E-state index contributed by atoms with van der Waals surface area (Å²) in [6, 6.07) is 10.7. The summed E-state index contributed by atoms with van der Waals surface area (Å²) in [4.78, 5) is 13.5.